The van der Waals surface area contributed by atoms with Gasteiger partial charge in [-0.25, -0.2) is 9.59 Å². The van der Waals surface area contributed by atoms with Crippen molar-refractivity contribution >= 4 is 46.6 Å². The number of esters is 2. The van der Waals surface area contributed by atoms with Crippen LogP contribution in [0.4, 0.5) is 0 Å². The quantitative estimate of drug-likeness (QED) is 0.380. The van der Waals surface area contributed by atoms with Gasteiger partial charge in [0, 0.05) is 49.3 Å². The SMILES string of the molecule is CC1(C)COC(=O)CCC(=O)SCCNC(=O)CCNC(=O)[C@@H]1OC(=O)/C=C/C(=O)O. The van der Waals surface area contributed by atoms with Gasteiger partial charge in [-0.15, -0.1) is 0 Å². The van der Waals surface area contributed by atoms with E-state index in [-0.39, 0.29) is 50.0 Å². The Bertz CT molecular complexity index is 749. The third kappa shape index (κ3) is 10.6. The number of hydrogen-bond acceptors (Lipinski definition) is 9. The first-order valence-corrected chi connectivity index (χ1v) is 10.5. The van der Waals surface area contributed by atoms with Crippen molar-refractivity contribution in [1.82, 2.24) is 10.6 Å². The van der Waals surface area contributed by atoms with E-state index in [0.717, 1.165) is 11.8 Å². The van der Waals surface area contributed by atoms with E-state index in [2.05, 4.69) is 10.6 Å². The number of rotatable bonds is 3. The van der Waals surface area contributed by atoms with Crippen molar-refractivity contribution in [2.24, 2.45) is 5.41 Å². The predicted molar refractivity (Wildman–Crippen MR) is 109 cm³/mol. The number of carboxylic acid groups (broad SMARTS) is 1. The lowest BCUT2D eigenvalue weighted by Gasteiger charge is -2.32. The van der Waals surface area contributed by atoms with E-state index in [9.17, 15) is 28.8 Å². The fourth-order valence-corrected chi connectivity index (χ4v) is 3.07. The van der Waals surface area contributed by atoms with Gasteiger partial charge in [0.1, 0.15) is 6.61 Å². The zero-order valence-corrected chi connectivity index (χ0v) is 18.1. The summed E-state index contributed by atoms with van der Waals surface area (Å²) in [4.78, 5) is 70.7. The van der Waals surface area contributed by atoms with Gasteiger partial charge in [0.2, 0.25) is 5.91 Å². The molecule has 0 aromatic rings. The summed E-state index contributed by atoms with van der Waals surface area (Å²) in [6, 6.07) is 0. The molecule has 2 amide bonds. The van der Waals surface area contributed by atoms with Gasteiger partial charge >= 0.3 is 17.9 Å². The van der Waals surface area contributed by atoms with Gasteiger partial charge in [-0.3, -0.25) is 19.2 Å². The smallest absolute Gasteiger partial charge is 0.331 e. The van der Waals surface area contributed by atoms with Crippen molar-refractivity contribution < 1.29 is 43.3 Å². The average molecular weight is 458 g/mol. The third-order valence-electron chi connectivity index (χ3n) is 4.02. The molecule has 1 aliphatic rings. The number of cyclic esters (lactones) is 1. The summed E-state index contributed by atoms with van der Waals surface area (Å²) in [5, 5.41) is 13.5. The second-order valence-electron chi connectivity index (χ2n) is 7.25. The molecule has 0 unspecified atom stereocenters. The molecule has 1 rings (SSSR count). The molecule has 0 bridgehead atoms. The van der Waals surface area contributed by atoms with Crippen LogP contribution in [0, 0.1) is 5.41 Å². The number of carboxylic acids is 1. The molecule has 31 heavy (non-hydrogen) atoms. The van der Waals surface area contributed by atoms with Crippen molar-refractivity contribution in [3.05, 3.63) is 12.2 Å². The lowest BCUT2D eigenvalue weighted by Crippen LogP contribution is -2.49. The second kappa shape index (κ2) is 12.7. The molecule has 0 aliphatic carbocycles. The number of carbonyl (C=O) groups excluding carboxylic acids is 5. The number of hydrogen-bond donors (Lipinski definition) is 3. The fourth-order valence-electron chi connectivity index (χ4n) is 2.39. The van der Waals surface area contributed by atoms with Crippen LogP contribution < -0.4 is 10.6 Å². The first-order chi connectivity index (χ1) is 14.5. The van der Waals surface area contributed by atoms with Crippen molar-refractivity contribution in [2.45, 2.75) is 39.2 Å². The Labute approximate surface area is 183 Å². The molecule has 0 spiro atoms. The monoisotopic (exact) mass is 458 g/mol. The van der Waals surface area contributed by atoms with E-state index >= 15 is 0 Å². The van der Waals surface area contributed by atoms with Crippen molar-refractivity contribution in [3.63, 3.8) is 0 Å². The Morgan fingerprint density at radius 2 is 1.81 bits per heavy atom. The first kappa shape index (κ1) is 26.1. The van der Waals surface area contributed by atoms with Crippen LogP contribution >= 0.6 is 11.8 Å². The van der Waals surface area contributed by atoms with Crippen LogP contribution in [0.25, 0.3) is 0 Å². The average Bonchev–Trinajstić information content (AvgIpc) is 2.69. The number of thioether (sulfide) groups is 1. The van der Waals surface area contributed by atoms with Crippen LogP contribution in [0.2, 0.25) is 0 Å². The Hall–Kier alpha value is -2.89. The Balaban J connectivity index is 2.97. The molecule has 1 aliphatic heterocycles. The molecule has 1 heterocycles. The van der Waals surface area contributed by atoms with E-state index < -0.39 is 35.3 Å². The van der Waals surface area contributed by atoms with Gasteiger partial charge < -0.3 is 25.2 Å². The Kier molecular flexibility index (Phi) is 10.7. The summed E-state index contributed by atoms with van der Waals surface area (Å²) >= 11 is 0.998. The van der Waals surface area contributed by atoms with Gasteiger partial charge in [-0.05, 0) is 0 Å². The largest absolute Gasteiger partial charge is 0.478 e. The standard InChI is InChI=1S/C19H26N2O9S/c1-19(2)11-29-14(25)5-6-16(27)31-10-9-20-12(22)7-8-21-18(28)17(19)30-15(26)4-3-13(23)24/h3-4,17H,5-11H2,1-2H3,(H,20,22)(H,21,28)(H,23,24)/b4-3+/t17-/m0/s1. The number of ether oxygens (including phenoxy) is 2. The molecule has 11 nitrogen and oxygen atoms in total. The summed E-state index contributed by atoms with van der Waals surface area (Å²) in [5.41, 5.74) is -1.19. The van der Waals surface area contributed by atoms with Crippen LogP contribution in [0.15, 0.2) is 12.2 Å². The maximum absolute atomic E-state index is 12.6. The van der Waals surface area contributed by atoms with Crippen LogP contribution in [0.5, 0.6) is 0 Å². The zero-order valence-electron chi connectivity index (χ0n) is 17.3. The van der Waals surface area contributed by atoms with Gasteiger partial charge in [0.05, 0.1) is 6.42 Å². The second-order valence-corrected chi connectivity index (χ2v) is 8.40. The molecular formula is C19H26N2O9S. The fraction of sp³-hybridized carbons (Fsp3) is 0.579. The van der Waals surface area contributed by atoms with Crippen LogP contribution in [0.1, 0.15) is 33.1 Å². The maximum Gasteiger partial charge on any atom is 0.331 e. The molecule has 0 radical (unpaired) electrons. The van der Waals surface area contributed by atoms with Crippen molar-refractivity contribution in [3.8, 4) is 0 Å². The number of aliphatic carboxylic acids is 1. The lowest BCUT2D eigenvalue weighted by molar-refractivity contribution is -0.165. The highest BCUT2D eigenvalue weighted by molar-refractivity contribution is 8.13. The van der Waals surface area contributed by atoms with Gasteiger partial charge in [-0.2, -0.15) is 0 Å². The summed E-state index contributed by atoms with van der Waals surface area (Å²) in [6.07, 6.45) is -0.480. The lowest BCUT2D eigenvalue weighted by atomic mass is 9.86. The third-order valence-corrected chi connectivity index (χ3v) is 4.96. The molecule has 3 N–H and O–H groups in total. The van der Waals surface area contributed by atoms with E-state index in [0.29, 0.717) is 17.9 Å². The first-order valence-electron chi connectivity index (χ1n) is 9.48. The van der Waals surface area contributed by atoms with Gasteiger partial charge in [-0.1, -0.05) is 25.6 Å². The minimum absolute atomic E-state index is 0.0423. The van der Waals surface area contributed by atoms with Gasteiger partial charge in [0.25, 0.3) is 5.91 Å². The highest BCUT2D eigenvalue weighted by Crippen LogP contribution is 2.25. The van der Waals surface area contributed by atoms with Gasteiger partial charge in [0.15, 0.2) is 11.2 Å². The molecule has 172 valence electrons. The summed E-state index contributed by atoms with van der Waals surface area (Å²) in [7, 11) is 0. The minimum Gasteiger partial charge on any atom is -0.478 e. The predicted octanol–water partition coefficient (Wildman–Crippen LogP) is -0.215. The minimum atomic E-state index is -1.44. The summed E-state index contributed by atoms with van der Waals surface area (Å²) in [6.45, 7) is 2.92. The molecule has 0 aromatic carbocycles. The summed E-state index contributed by atoms with van der Waals surface area (Å²) < 4.78 is 10.3. The molecular weight excluding hydrogens is 432 g/mol. The number of nitrogens with one attached hydrogen (secondary N) is 2. The Morgan fingerprint density at radius 3 is 2.48 bits per heavy atom. The van der Waals surface area contributed by atoms with Crippen molar-refractivity contribution in [2.75, 3.05) is 25.4 Å². The zero-order chi connectivity index (χ0) is 23.4. The highest BCUT2D eigenvalue weighted by Gasteiger charge is 2.39. The van der Waals surface area contributed by atoms with E-state index in [1.807, 2.05) is 0 Å². The summed E-state index contributed by atoms with van der Waals surface area (Å²) in [5.74, 6) is -3.83. The molecule has 1 saturated heterocycles. The van der Waals surface area contributed by atoms with Crippen LogP contribution in [-0.2, 0) is 38.2 Å². The Morgan fingerprint density at radius 1 is 1.10 bits per heavy atom. The molecule has 1 atom stereocenters. The van der Waals surface area contributed by atoms with Crippen LogP contribution in [-0.4, -0.2) is 71.5 Å². The van der Waals surface area contributed by atoms with E-state index in [1.54, 1.807) is 0 Å². The molecule has 1 fully saturated rings. The number of amides is 2. The maximum atomic E-state index is 12.6. The highest BCUT2D eigenvalue weighted by atomic mass is 32.2. The molecule has 12 heteroatoms. The van der Waals surface area contributed by atoms with E-state index in [1.165, 1.54) is 13.8 Å². The van der Waals surface area contributed by atoms with Crippen LogP contribution in [0.3, 0.4) is 0 Å². The molecule has 0 aromatic heterocycles. The van der Waals surface area contributed by atoms with Crippen molar-refractivity contribution in [1.29, 1.82) is 0 Å². The number of carbonyl (C=O) groups is 6. The molecule has 0 saturated carbocycles. The van der Waals surface area contributed by atoms with E-state index in [4.69, 9.17) is 14.6 Å². The topological polar surface area (TPSA) is 165 Å². The normalized spacial score (nSPS) is 22.1.